The molecule has 3 aromatic carbocycles. The number of halogens is 1. The van der Waals surface area contributed by atoms with Gasteiger partial charge in [0.25, 0.3) is 0 Å². The van der Waals surface area contributed by atoms with Crippen LogP contribution in [0.4, 0.5) is 21.0 Å². The highest BCUT2D eigenvalue weighted by Crippen LogP contribution is 2.23. The molecule has 4 rings (SSSR count). The molecule has 4 amide bonds. The molecule has 0 aliphatic carbocycles. The highest BCUT2D eigenvalue weighted by atomic mass is 79.9. The third kappa shape index (κ3) is 9.32. The second kappa shape index (κ2) is 15.4. The number of carbonyl (C=O) groups is 3. The minimum Gasteiger partial charge on any atom is -0.447 e. The first-order chi connectivity index (χ1) is 20.0. The number of pyridine rings is 1. The van der Waals surface area contributed by atoms with Gasteiger partial charge in [0, 0.05) is 53.6 Å². The molecule has 0 saturated carbocycles. The van der Waals surface area contributed by atoms with Gasteiger partial charge in [0.15, 0.2) is 12.4 Å². The van der Waals surface area contributed by atoms with Gasteiger partial charge in [-0.2, -0.15) is 0 Å². The minimum atomic E-state index is -0.600. The second-order valence-corrected chi connectivity index (χ2v) is 10.1. The Hall–Kier alpha value is -4.44. The van der Waals surface area contributed by atoms with Crippen LogP contribution in [0.5, 0.6) is 0 Å². The van der Waals surface area contributed by atoms with Crippen molar-refractivity contribution in [2.75, 3.05) is 36.5 Å². The number of aromatic nitrogens is 1. The van der Waals surface area contributed by atoms with E-state index in [4.69, 9.17) is 4.74 Å². The van der Waals surface area contributed by atoms with E-state index in [2.05, 4.69) is 31.9 Å². The number of fused-ring (bicyclic) bond motifs is 1. The fraction of sp³-hybridized carbons (Fsp3) is 0.226. The summed E-state index contributed by atoms with van der Waals surface area (Å²) < 4.78 is 8.11. The van der Waals surface area contributed by atoms with Gasteiger partial charge in [-0.1, -0.05) is 64.5 Å². The number of benzene rings is 3. The molecule has 0 bridgehead atoms. The number of hydrogen-bond donors (Lipinski definition) is 3. The summed E-state index contributed by atoms with van der Waals surface area (Å²) in [5.41, 5.74) is 1.41. The molecule has 0 spiro atoms. The fourth-order valence-electron chi connectivity index (χ4n) is 4.31. The van der Waals surface area contributed by atoms with E-state index in [0.717, 1.165) is 27.5 Å². The molecule has 10 heteroatoms. The van der Waals surface area contributed by atoms with Gasteiger partial charge in [0.05, 0.1) is 12.2 Å². The first kappa shape index (κ1) is 29.5. The molecule has 1 aromatic heterocycles. The van der Waals surface area contributed by atoms with Gasteiger partial charge in [0.1, 0.15) is 13.2 Å². The first-order valence-corrected chi connectivity index (χ1v) is 14.2. The number of nitrogens with one attached hydrogen (secondary N) is 3. The molecule has 0 fully saturated rings. The lowest BCUT2D eigenvalue weighted by Crippen LogP contribution is -2.43. The van der Waals surface area contributed by atoms with Crippen molar-refractivity contribution in [3.8, 4) is 0 Å². The lowest BCUT2D eigenvalue weighted by molar-refractivity contribution is -0.697. The normalized spacial score (nSPS) is 10.6. The summed E-state index contributed by atoms with van der Waals surface area (Å²) in [6.07, 6.45) is 4.42. The van der Waals surface area contributed by atoms with Crippen LogP contribution in [0.25, 0.3) is 10.8 Å². The van der Waals surface area contributed by atoms with Crippen molar-refractivity contribution >= 4 is 56.1 Å². The van der Waals surface area contributed by atoms with Gasteiger partial charge in [0.2, 0.25) is 5.91 Å². The zero-order valence-electron chi connectivity index (χ0n) is 22.6. The summed E-state index contributed by atoms with van der Waals surface area (Å²) in [5.74, 6) is -0.0209. The Bertz CT molecular complexity index is 1460. The molecule has 41 heavy (non-hydrogen) atoms. The smallest absolute Gasteiger partial charge is 0.411 e. The molecular formula is C31H33BrN5O4+. The lowest BCUT2D eigenvalue weighted by atomic mass is 10.1. The standard InChI is InChI=1S/C31H32BrN5O4/c32-25-11-7-12-26(23-25)37(29(38)15-8-20-36-18-4-1-5-19-36)21-16-33-30(39)34-17-22-41-31(40)35-28-14-6-10-24-9-2-3-13-27(24)28/h1-7,9-14,18-19,23H,8,15-17,20-22H2,(H2-,33,34,35,39,40)/p+1. The quantitative estimate of drug-likeness (QED) is 0.149. The minimum absolute atomic E-state index is 0.00605. The largest absolute Gasteiger partial charge is 0.447 e. The fourth-order valence-corrected chi connectivity index (χ4v) is 4.69. The molecule has 0 radical (unpaired) electrons. The van der Waals surface area contributed by atoms with Gasteiger partial charge < -0.3 is 20.3 Å². The zero-order chi connectivity index (χ0) is 28.9. The van der Waals surface area contributed by atoms with E-state index in [1.54, 1.807) is 11.0 Å². The summed E-state index contributed by atoms with van der Waals surface area (Å²) in [7, 11) is 0. The first-order valence-electron chi connectivity index (χ1n) is 13.4. The highest BCUT2D eigenvalue weighted by molar-refractivity contribution is 9.10. The monoisotopic (exact) mass is 618 g/mol. The number of carbonyl (C=O) groups excluding carboxylic acids is 3. The third-order valence-corrected chi connectivity index (χ3v) is 6.77. The summed E-state index contributed by atoms with van der Waals surface area (Å²) in [6, 6.07) is 26.3. The zero-order valence-corrected chi connectivity index (χ0v) is 24.2. The van der Waals surface area contributed by atoms with Gasteiger partial charge in [-0.3, -0.25) is 10.1 Å². The Morgan fingerprint density at radius 2 is 1.61 bits per heavy atom. The Kier molecular flexibility index (Phi) is 11.1. The Labute approximate surface area is 247 Å². The van der Waals surface area contributed by atoms with Crippen LogP contribution in [0.3, 0.4) is 0 Å². The van der Waals surface area contributed by atoms with E-state index in [0.29, 0.717) is 25.1 Å². The maximum atomic E-state index is 13.1. The predicted octanol–water partition coefficient (Wildman–Crippen LogP) is 5.25. The summed E-state index contributed by atoms with van der Waals surface area (Å²) >= 11 is 3.47. The van der Waals surface area contributed by atoms with Crippen molar-refractivity contribution in [3.05, 3.63) is 102 Å². The van der Waals surface area contributed by atoms with Gasteiger partial charge >= 0.3 is 12.1 Å². The Balaban J connectivity index is 1.19. The predicted molar refractivity (Wildman–Crippen MR) is 163 cm³/mol. The number of aryl methyl sites for hydroxylation is 1. The molecule has 3 N–H and O–H groups in total. The molecule has 0 aliphatic heterocycles. The van der Waals surface area contributed by atoms with Crippen LogP contribution in [0.15, 0.2) is 102 Å². The van der Waals surface area contributed by atoms with Gasteiger partial charge in [-0.05, 0) is 29.7 Å². The van der Waals surface area contributed by atoms with Crippen molar-refractivity contribution in [3.63, 3.8) is 0 Å². The van der Waals surface area contributed by atoms with Crippen molar-refractivity contribution in [1.82, 2.24) is 10.6 Å². The third-order valence-electron chi connectivity index (χ3n) is 6.27. The van der Waals surface area contributed by atoms with Crippen LogP contribution in [0.1, 0.15) is 12.8 Å². The maximum Gasteiger partial charge on any atom is 0.411 e. The van der Waals surface area contributed by atoms with Crippen molar-refractivity contribution < 1.29 is 23.7 Å². The van der Waals surface area contributed by atoms with Gasteiger partial charge in [-0.25, -0.2) is 14.2 Å². The number of hydrogen-bond acceptors (Lipinski definition) is 4. The number of amides is 4. The average Bonchev–Trinajstić information content (AvgIpc) is 2.98. The maximum absolute atomic E-state index is 13.1. The summed E-state index contributed by atoms with van der Waals surface area (Å²) in [6.45, 7) is 1.44. The van der Waals surface area contributed by atoms with E-state index in [-0.39, 0.29) is 25.6 Å². The molecule has 0 aliphatic rings. The Morgan fingerprint density at radius 1 is 0.854 bits per heavy atom. The molecule has 9 nitrogen and oxygen atoms in total. The number of anilines is 2. The van der Waals surface area contributed by atoms with E-state index in [1.807, 2.05) is 95.8 Å². The lowest BCUT2D eigenvalue weighted by Gasteiger charge is -2.23. The molecule has 212 valence electrons. The Morgan fingerprint density at radius 3 is 2.44 bits per heavy atom. The van der Waals surface area contributed by atoms with Crippen molar-refractivity contribution in [2.45, 2.75) is 19.4 Å². The van der Waals surface area contributed by atoms with Crippen molar-refractivity contribution in [2.24, 2.45) is 0 Å². The van der Waals surface area contributed by atoms with E-state index < -0.39 is 12.1 Å². The summed E-state index contributed by atoms with van der Waals surface area (Å²) in [4.78, 5) is 39.3. The van der Waals surface area contributed by atoms with E-state index in [1.165, 1.54) is 0 Å². The molecule has 0 unspecified atom stereocenters. The van der Waals surface area contributed by atoms with Crippen LogP contribution in [0, 0.1) is 0 Å². The van der Waals surface area contributed by atoms with E-state index >= 15 is 0 Å². The molecule has 4 aromatic rings. The van der Waals surface area contributed by atoms with Gasteiger partial charge in [-0.15, -0.1) is 0 Å². The number of urea groups is 1. The van der Waals surface area contributed by atoms with Crippen LogP contribution in [-0.4, -0.2) is 44.3 Å². The average molecular weight is 620 g/mol. The van der Waals surface area contributed by atoms with Crippen LogP contribution in [-0.2, 0) is 16.1 Å². The number of ether oxygens (including phenoxy) is 1. The topological polar surface area (TPSA) is 104 Å². The van der Waals surface area contributed by atoms with E-state index in [9.17, 15) is 14.4 Å². The van der Waals surface area contributed by atoms with Crippen molar-refractivity contribution in [1.29, 1.82) is 0 Å². The highest BCUT2D eigenvalue weighted by Gasteiger charge is 2.17. The molecule has 1 heterocycles. The molecule has 0 atom stereocenters. The second-order valence-electron chi connectivity index (χ2n) is 9.21. The van der Waals surface area contributed by atoms with Crippen LogP contribution >= 0.6 is 15.9 Å². The SMILES string of the molecule is O=C(NCCOC(=O)Nc1cccc2ccccc12)NCCN(C(=O)CCC[n+]1ccccc1)c1cccc(Br)c1. The summed E-state index contributed by atoms with van der Waals surface area (Å²) in [5, 5.41) is 10.1. The van der Waals surface area contributed by atoms with Crippen LogP contribution < -0.4 is 25.4 Å². The number of rotatable bonds is 12. The van der Waals surface area contributed by atoms with Crippen LogP contribution in [0.2, 0.25) is 0 Å². The molecular weight excluding hydrogens is 586 g/mol. The molecule has 0 saturated heterocycles. The number of nitrogens with zero attached hydrogens (tertiary/aromatic N) is 2.